The van der Waals surface area contributed by atoms with Gasteiger partial charge < -0.3 is 5.32 Å². The molecule has 1 amide bonds. The molecule has 0 unspecified atom stereocenters. The summed E-state index contributed by atoms with van der Waals surface area (Å²) in [5, 5.41) is 3.97. The van der Waals surface area contributed by atoms with Crippen LogP contribution in [0.2, 0.25) is 0 Å². The predicted molar refractivity (Wildman–Crippen MR) is 88.0 cm³/mol. The highest BCUT2D eigenvalue weighted by Crippen LogP contribution is 2.27. The minimum atomic E-state index is -4.49. The summed E-state index contributed by atoms with van der Waals surface area (Å²) < 4.78 is 31.7. The Morgan fingerprint density at radius 2 is 1.87 bits per heavy atom. The lowest BCUT2D eigenvalue weighted by Gasteiger charge is -2.13. The Kier molecular flexibility index (Phi) is 4.69. The fourth-order valence-corrected chi connectivity index (χ4v) is 4.04. The lowest BCUT2D eigenvalue weighted by atomic mass is 10.0. The molecule has 0 aliphatic rings. The number of amides is 1. The first kappa shape index (κ1) is 17.3. The van der Waals surface area contributed by atoms with Crippen molar-refractivity contribution in [2.75, 3.05) is 5.32 Å². The molecule has 1 aromatic heterocycles. The van der Waals surface area contributed by atoms with E-state index in [4.69, 9.17) is 4.55 Å². The summed E-state index contributed by atoms with van der Waals surface area (Å²) in [6.45, 7) is 4.96. The molecule has 1 aromatic carbocycles. The zero-order valence-corrected chi connectivity index (χ0v) is 14.3. The van der Waals surface area contributed by atoms with Gasteiger partial charge >= 0.3 is 0 Å². The Morgan fingerprint density at radius 3 is 2.43 bits per heavy atom. The largest absolute Gasteiger partial charge is 0.320 e. The van der Waals surface area contributed by atoms with Gasteiger partial charge in [-0.05, 0) is 49.4 Å². The molecule has 0 aliphatic carbocycles. The van der Waals surface area contributed by atoms with Crippen LogP contribution in [0, 0.1) is 13.8 Å². The second-order valence-corrected chi connectivity index (χ2v) is 7.41. The van der Waals surface area contributed by atoms with Gasteiger partial charge in [-0.3, -0.25) is 14.1 Å². The number of thiophene rings is 1. The molecule has 0 saturated heterocycles. The molecule has 0 fully saturated rings. The number of benzene rings is 1. The molecule has 1 heterocycles. The van der Waals surface area contributed by atoms with E-state index in [-0.39, 0.29) is 10.7 Å². The number of carbonyl (C=O) groups excluding carboxylic acids is 2. The molecular formula is C15H15NO5S2. The molecule has 0 aliphatic heterocycles. The highest BCUT2D eigenvalue weighted by molar-refractivity contribution is 7.86. The van der Waals surface area contributed by atoms with Crippen LogP contribution in [-0.2, 0) is 10.1 Å². The normalized spacial score (nSPS) is 11.3. The maximum absolute atomic E-state index is 12.4. The molecule has 0 saturated carbocycles. The molecule has 0 radical (unpaired) electrons. The smallest absolute Gasteiger partial charge is 0.296 e. The third-order valence-electron chi connectivity index (χ3n) is 3.21. The molecule has 0 atom stereocenters. The minimum Gasteiger partial charge on any atom is -0.320 e. The average molecular weight is 353 g/mol. The van der Waals surface area contributed by atoms with Gasteiger partial charge in [-0.15, -0.1) is 11.3 Å². The van der Waals surface area contributed by atoms with Gasteiger partial charge in [0.1, 0.15) is 9.77 Å². The zero-order valence-electron chi connectivity index (χ0n) is 12.7. The van der Waals surface area contributed by atoms with Crippen molar-refractivity contribution in [2.45, 2.75) is 25.7 Å². The van der Waals surface area contributed by atoms with Crippen molar-refractivity contribution < 1.29 is 22.6 Å². The SMILES string of the molecule is CC(=O)c1cc(C)cc(C)c1NC(=O)c1sccc1S(=O)(=O)O. The molecule has 2 N–H and O–H groups in total. The van der Waals surface area contributed by atoms with Crippen molar-refractivity contribution in [3.63, 3.8) is 0 Å². The van der Waals surface area contributed by atoms with Gasteiger partial charge in [0, 0.05) is 5.56 Å². The van der Waals surface area contributed by atoms with Gasteiger partial charge in [0.15, 0.2) is 5.78 Å². The highest BCUT2D eigenvalue weighted by Gasteiger charge is 2.23. The third kappa shape index (κ3) is 3.66. The van der Waals surface area contributed by atoms with Crippen molar-refractivity contribution in [3.05, 3.63) is 45.1 Å². The van der Waals surface area contributed by atoms with Gasteiger partial charge in [-0.1, -0.05) is 6.07 Å². The molecule has 122 valence electrons. The van der Waals surface area contributed by atoms with E-state index in [9.17, 15) is 18.0 Å². The van der Waals surface area contributed by atoms with Gasteiger partial charge in [0.2, 0.25) is 0 Å². The van der Waals surface area contributed by atoms with Crippen molar-refractivity contribution >= 4 is 38.8 Å². The van der Waals surface area contributed by atoms with Crippen molar-refractivity contribution in [1.82, 2.24) is 0 Å². The number of aryl methyl sites for hydroxylation is 2. The third-order valence-corrected chi connectivity index (χ3v) is 5.15. The molecule has 8 heteroatoms. The Balaban J connectivity index is 2.47. The fourth-order valence-electron chi connectivity index (χ4n) is 2.25. The van der Waals surface area contributed by atoms with E-state index in [0.717, 1.165) is 23.0 Å². The van der Waals surface area contributed by atoms with Crippen LogP contribution in [0.5, 0.6) is 0 Å². The van der Waals surface area contributed by atoms with Crippen LogP contribution in [0.4, 0.5) is 5.69 Å². The summed E-state index contributed by atoms with van der Waals surface area (Å²) >= 11 is 0.891. The second-order valence-electron chi connectivity index (χ2n) is 5.10. The van der Waals surface area contributed by atoms with Crippen LogP contribution in [0.1, 0.15) is 38.1 Å². The van der Waals surface area contributed by atoms with E-state index in [1.165, 1.54) is 12.3 Å². The summed E-state index contributed by atoms with van der Waals surface area (Å²) in [5.74, 6) is -0.907. The number of anilines is 1. The van der Waals surface area contributed by atoms with Gasteiger partial charge in [0.05, 0.1) is 5.69 Å². The van der Waals surface area contributed by atoms with Crippen molar-refractivity contribution in [3.8, 4) is 0 Å². The van der Waals surface area contributed by atoms with E-state index in [1.807, 2.05) is 6.92 Å². The number of ketones is 1. The minimum absolute atomic E-state index is 0.137. The summed E-state index contributed by atoms with van der Waals surface area (Å²) in [6.07, 6.45) is 0. The number of hydrogen-bond donors (Lipinski definition) is 2. The Morgan fingerprint density at radius 1 is 1.22 bits per heavy atom. The Labute approximate surface area is 137 Å². The van der Waals surface area contributed by atoms with E-state index < -0.39 is 20.9 Å². The van der Waals surface area contributed by atoms with Gasteiger partial charge in [-0.25, -0.2) is 0 Å². The maximum Gasteiger partial charge on any atom is 0.296 e. The first-order valence-corrected chi connectivity index (χ1v) is 8.91. The lowest BCUT2D eigenvalue weighted by Crippen LogP contribution is -2.17. The summed E-state index contributed by atoms with van der Waals surface area (Å²) in [6, 6.07) is 4.62. The van der Waals surface area contributed by atoms with Crippen LogP contribution in [0.15, 0.2) is 28.5 Å². The van der Waals surface area contributed by atoms with E-state index in [0.29, 0.717) is 16.8 Å². The number of Topliss-reactive ketones (excluding diaryl/α,β-unsaturated/α-hetero) is 1. The molecule has 2 rings (SSSR count). The summed E-state index contributed by atoms with van der Waals surface area (Å²) in [7, 11) is -4.49. The first-order valence-electron chi connectivity index (χ1n) is 6.59. The van der Waals surface area contributed by atoms with Gasteiger partial charge in [0.25, 0.3) is 16.0 Å². The Hall–Kier alpha value is -2.03. The maximum atomic E-state index is 12.4. The van der Waals surface area contributed by atoms with Crippen LogP contribution in [0.3, 0.4) is 0 Å². The van der Waals surface area contributed by atoms with E-state index >= 15 is 0 Å². The average Bonchev–Trinajstić information content (AvgIpc) is 2.90. The number of nitrogens with one attached hydrogen (secondary N) is 1. The lowest BCUT2D eigenvalue weighted by molar-refractivity contribution is 0.101. The van der Waals surface area contributed by atoms with Gasteiger partial charge in [-0.2, -0.15) is 8.42 Å². The molecule has 0 spiro atoms. The first-order chi connectivity index (χ1) is 10.6. The van der Waals surface area contributed by atoms with Crippen LogP contribution < -0.4 is 5.32 Å². The van der Waals surface area contributed by atoms with Crippen LogP contribution in [0.25, 0.3) is 0 Å². The fraction of sp³-hybridized carbons (Fsp3) is 0.200. The standard InChI is InChI=1S/C15H15NO5S2/c1-8-6-9(2)13(11(7-8)10(3)17)16-15(18)14-12(4-5-22-14)23(19,20)21/h4-7H,1-3H3,(H,16,18)(H,19,20,21). The number of carbonyl (C=O) groups is 2. The van der Waals surface area contributed by atoms with E-state index in [1.54, 1.807) is 19.1 Å². The number of rotatable bonds is 4. The highest BCUT2D eigenvalue weighted by atomic mass is 32.2. The molecule has 23 heavy (non-hydrogen) atoms. The molecule has 0 bridgehead atoms. The quantitative estimate of drug-likeness (QED) is 0.650. The van der Waals surface area contributed by atoms with Crippen LogP contribution >= 0.6 is 11.3 Å². The predicted octanol–water partition coefficient (Wildman–Crippen LogP) is 3.07. The second kappa shape index (κ2) is 6.23. The van der Waals surface area contributed by atoms with E-state index in [2.05, 4.69) is 5.32 Å². The summed E-state index contributed by atoms with van der Waals surface area (Å²) in [4.78, 5) is 23.6. The topological polar surface area (TPSA) is 101 Å². The monoisotopic (exact) mass is 353 g/mol. The molecule has 2 aromatic rings. The number of hydrogen-bond acceptors (Lipinski definition) is 5. The Bertz CT molecular complexity index is 897. The molecular weight excluding hydrogens is 338 g/mol. The zero-order chi connectivity index (χ0) is 17.4. The van der Waals surface area contributed by atoms with Crippen LogP contribution in [-0.4, -0.2) is 24.7 Å². The van der Waals surface area contributed by atoms with Crippen molar-refractivity contribution in [2.24, 2.45) is 0 Å². The van der Waals surface area contributed by atoms with Crippen molar-refractivity contribution in [1.29, 1.82) is 0 Å². The summed E-state index contributed by atoms with van der Waals surface area (Å²) in [5.41, 5.74) is 2.25. The molecule has 6 nitrogen and oxygen atoms in total.